The smallest absolute Gasteiger partial charge is 0.387 e. The Hall–Kier alpha value is -3.58. The third kappa shape index (κ3) is 3.53. The quantitative estimate of drug-likeness (QED) is 0.369. The van der Waals surface area contributed by atoms with Gasteiger partial charge < -0.3 is 19.2 Å². The van der Waals surface area contributed by atoms with Gasteiger partial charge in [-0.15, -0.1) is 0 Å². The number of carbonyl (C=O) groups is 1. The summed E-state index contributed by atoms with van der Waals surface area (Å²) in [6, 6.07) is 13.5. The van der Waals surface area contributed by atoms with Gasteiger partial charge in [0, 0.05) is 28.1 Å². The van der Waals surface area contributed by atoms with E-state index in [1.165, 1.54) is 18.2 Å². The predicted molar refractivity (Wildman–Crippen MR) is 130 cm³/mol. The number of rotatable bonds is 4. The first-order valence-electron chi connectivity index (χ1n) is 11.4. The van der Waals surface area contributed by atoms with E-state index in [4.69, 9.17) is 4.74 Å². The molecule has 1 amide bonds. The number of alkyl halides is 2. The predicted octanol–water partition coefficient (Wildman–Crippen LogP) is 5.47. The minimum absolute atomic E-state index is 0.0699. The summed E-state index contributed by atoms with van der Waals surface area (Å²) in [5, 5.41) is 3.62. The molecular weight excluding hydrogens is 490 g/mol. The van der Waals surface area contributed by atoms with Gasteiger partial charge in [-0.1, -0.05) is 30.3 Å². The summed E-state index contributed by atoms with van der Waals surface area (Å²) < 4.78 is 60.7. The molecule has 6 nitrogen and oxygen atoms in total. The molecular formula is C26H21F3N3O3P. The van der Waals surface area contributed by atoms with Crippen LogP contribution in [0.15, 0.2) is 54.6 Å². The Morgan fingerprint density at radius 3 is 2.56 bits per heavy atom. The van der Waals surface area contributed by atoms with Crippen LogP contribution in [0.25, 0.3) is 22.2 Å². The monoisotopic (exact) mass is 511 g/mol. The van der Waals surface area contributed by atoms with Gasteiger partial charge in [-0.3, -0.25) is 4.79 Å². The Morgan fingerprint density at radius 2 is 1.86 bits per heavy atom. The highest BCUT2D eigenvalue weighted by atomic mass is 31.2. The molecule has 0 saturated carbocycles. The number of imidazole rings is 1. The number of benzene rings is 3. The number of hydrogen-bond donors (Lipinski definition) is 1. The first-order valence-corrected chi connectivity index (χ1v) is 14.0. The van der Waals surface area contributed by atoms with Crippen LogP contribution >= 0.6 is 7.14 Å². The number of fused-ring (bicyclic) bond motifs is 9. The standard InChI is InChI=1S/C26H21F3N3O3P/c1-36(2,34)14-8-6-13(7-9-14)16-10-20-18(11-17(16)27)30-24-19-12-21(32(20)24)23-15(25(33)31-19)4-3-5-22(23)35-26(28)29/h3-11,19,21,26H,12H2,1-2H3,(H,31,33)/t19-,21-/m1/s1. The van der Waals surface area contributed by atoms with Crippen LogP contribution in [0.4, 0.5) is 13.2 Å². The summed E-state index contributed by atoms with van der Waals surface area (Å²) in [5.74, 6) is -0.408. The van der Waals surface area contributed by atoms with Gasteiger partial charge in [0.15, 0.2) is 0 Å². The molecule has 184 valence electrons. The van der Waals surface area contributed by atoms with Crippen LogP contribution in [0.1, 0.15) is 40.3 Å². The Balaban J connectivity index is 1.54. The normalized spacial score (nSPS) is 18.7. The van der Waals surface area contributed by atoms with Gasteiger partial charge in [0.1, 0.15) is 24.5 Å². The number of nitrogens with zero attached hydrogens (tertiary/aromatic N) is 2. The third-order valence-corrected chi connectivity index (χ3v) is 8.40. The van der Waals surface area contributed by atoms with E-state index in [1.54, 1.807) is 49.7 Å². The molecule has 2 aliphatic heterocycles. The minimum Gasteiger partial charge on any atom is -0.434 e. The maximum atomic E-state index is 15.2. The van der Waals surface area contributed by atoms with E-state index >= 15 is 4.39 Å². The molecule has 0 spiro atoms. The van der Waals surface area contributed by atoms with Crippen molar-refractivity contribution in [2.75, 3.05) is 13.3 Å². The van der Waals surface area contributed by atoms with Crippen molar-refractivity contribution in [2.45, 2.75) is 25.1 Å². The zero-order valence-corrected chi connectivity index (χ0v) is 20.2. The van der Waals surface area contributed by atoms with Crippen molar-refractivity contribution < 1.29 is 27.3 Å². The third-order valence-electron chi connectivity index (χ3n) is 6.85. The number of ether oxygens (including phenoxy) is 1. The van der Waals surface area contributed by atoms with Gasteiger partial charge in [0.2, 0.25) is 0 Å². The van der Waals surface area contributed by atoms with Gasteiger partial charge >= 0.3 is 6.61 Å². The number of amides is 1. The minimum atomic E-state index is -3.05. The molecule has 2 bridgehead atoms. The average molecular weight is 511 g/mol. The zero-order valence-electron chi connectivity index (χ0n) is 19.3. The summed E-state index contributed by atoms with van der Waals surface area (Å²) >= 11 is 0. The molecule has 1 N–H and O–H groups in total. The lowest BCUT2D eigenvalue weighted by atomic mass is 9.97. The van der Waals surface area contributed by atoms with Crippen molar-refractivity contribution in [3.05, 3.63) is 77.4 Å². The molecule has 6 rings (SSSR count). The molecule has 0 unspecified atom stereocenters. The van der Waals surface area contributed by atoms with Crippen LogP contribution in [0.3, 0.4) is 0 Å². The number of nitrogens with one attached hydrogen (secondary N) is 1. The summed E-state index contributed by atoms with van der Waals surface area (Å²) in [6.45, 7) is 0.296. The molecule has 10 heteroatoms. The van der Waals surface area contributed by atoms with E-state index < -0.39 is 37.6 Å². The van der Waals surface area contributed by atoms with Crippen LogP contribution in [0, 0.1) is 5.82 Å². The first-order chi connectivity index (χ1) is 17.1. The van der Waals surface area contributed by atoms with Crippen molar-refractivity contribution in [3.8, 4) is 16.9 Å². The van der Waals surface area contributed by atoms with Crippen LogP contribution in [0.2, 0.25) is 0 Å². The molecule has 3 heterocycles. The molecule has 2 atom stereocenters. The largest absolute Gasteiger partial charge is 0.434 e. The Bertz CT molecular complexity index is 1590. The lowest BCUT2D eigenvalue weighted by Gasteiger charge is -2.21. The fraction of sp³-hybridized carbons (Fsp3) is 0.231. The van der Waals surface area contributed by atoms with E-state index in [2.05, 4.69) is 10.3 Å². The molecule has 0 aliphatic carbocycles. The van der Waals surface area contributed by atoms with Crippen LogP contribution < -0.4 is 15.4 Å². The van der Waals surface area contributed by atoms with Gasteiger partial charge in [0.05, 0.1) is 23.1 Å². The topological polar surface area (TPSA) is 73.2 Å². The lowest BCUT2D eigenvalue weighted by Crippen LogP contribution is -2.28. The van der Waals surface area contributed by atoms with Crippen LogP contribution in [-0.2, 0) is 4.57 Å². The van der Waals surface area contributed by atoms with Gasteiger partial charge in [-0.2, -0.15) is 8.78 Å². The Morgan fingerprint density at radius 1 is 1.11 bits per heavy atom. The lowest BCUT2D eigenvalue weighted by molar-refractivity contribution is -0.0507. The van der Waals surface area contributed by atoms with Crippen molar-refractivity contribution >= 4 is 29.4 Å². The Kier molecular flexibility index (Phi) is 5.06. The van der Waals surface area contributed by atoms with Crippen molar-refractivity contribution in [2.24, 2.45) is 0 Å². The molecule has 36 heavy (non-hydrogen) atoms. The second kappa shape index (κ2) is 7.96. The SMILES string of the molecule is CP(C)(=O)c1ccc(-c2cc3c(cc2F)nc2n3[C@@H]3C[C@H]2NC(=O)c2cccc(OC(F)F)c23)cc1. The van der Waals surface area contributed by atoms with Crippen LogP contribution in [-0.4, -0.2) is 35.4 Å². The van der Waals surface area contributed by atoms with Gasteiger partial charge in [-0.05, 0) is 43.5 Å². The van der Waals surface area contributed by atoms with Crippen molar-refractivity contribution in [1.82, 2.24) is 14.9 Å². The second-order valence-corrected chi connectivity index (χ2v) is 12.7. The Labute approximate surface area is 204 Å². The highest BCUT2D eigenvalue weighted by Crippen LogP contribution is 2.48. The van der Waals surface area contributed by atoms with Gasteiger partial charge in [-0.25, -0.2) is 9.37 Å². The molecule has 2 aliphatic rings. The molecule has 3 aromatic carbocycles. The van der Waals surface area contributed by atoms with Crippen molar-refractivity contribution in [1.29, 1.82) is 0 Å². The van der Waals surface area contributed by atoms with Crippen LogP contribution in [0.5, 0.6) is 5.75 Å². The first kappa shape index (κ1) is 22.9. The number of aromatic nitrogens is 2. The second-order valence-electron chi connectivity index (χ2n) is 9.43. The summed E-state index contributed by atoms with van der Waals surface area (Å²) in [4.78, 5) is 17.5. The summed E-state index contributed by atoms with van der Waals surface area (Å²) in [7, 11) is -2.46. The molecule has 0 saturated heterocycles. The van der Waals surface area contributed by atoms with E-state index in [0.29, 0.717) is 45.3 Å². The average Bonchev–Trinajstić information content (AvgIpc) is 3.29. The van der Waals surface area contributed by atoms with E-state index in [1.807, 2.05) is 4.57 Å². The zero-order chi connectivity index (χ0) is 25.4. The maximum Gasteiger partial charge on any atom is 0.387 e. The van der Waals surface area contributed by atoms with E-state index in [0.717, 1.165) is 0 Å². The number of carbonyl (C=O) groups excluding carboxylic acids is 1. The fourth-order valence-corrected chi connectivity index (χ4v) is 6.12. The number of halogens is 3. The summed E-state index contributed by atoms with van der Waals surface area (Å²) in [6.07, 6.45) is 0.407. The number of hydrogen-bond acceptors (Lipinski definition) is 4. The maximum absolute atomic E-state index is 15.2. The van der Waals surface area contributed by atoms with E-state index in [9.17, 15) is 18.1 Å². The molecule has 0 fully saturated rings. The molecule has 1 aromatic heterocycles. The molecule has 0 radical (unpaired) electrons. The fourth-order valence-electron chi connectivity index (χ4n) is 5.25. The molecule has 4 aromatic rings. The summed E-state index contributed by atoms with van der Waals surface area (Å²) in [5.41, 5.74) is 2.57. The van der Waals surface area contributed by atoms with E-state index in [-0.39, 0.29) is 11.3 Å². The highest BCUT2D eigenvalue weighted by Gasteiger charge is 2.42. The van der Waals surface area contributed by atoms with Crippen molar-refractivity contribution in [3.63, 3.8) is 0 Å². The highest BCUT2D eigenvalue weighted by molar-refractivity contribution is 7.70. The van der Waals surface area contributed by atoms with Gasteiger partial charge in [0.25, 0.3) is 5.91 Å².